The number of amides is 1. The molecule has 0 aliphatic rings. The number of carbonyl (C=O) groups excluding carboxylic acids is 1. The van der Waals surface area contributed by atoms with E-state index in [0.717, 1.165) is 15.7 Å². The number of rotatable bonds is 8. The smallest absolute Gasteiger partial charge is 0.271 e. The molecule has 8 nitrogen and oxygen atoms in total. The first kappa shape index (κ1) is 27.3. The zero-order valence-corrected chi connectivity index (χ0v) is 23.9. The fourth-order valence-corrected chi connectivity index (χ4v) is 5.22. The van der Waals surface area contributed by atoms with Gasteiger partial charge in [-0.05, 0) is 72.8 Å². The minimum Gasteiger partial charge on any atom is -0.280 e. The zero-order chi connectivity index (χ0) is 28.1. The van der Waals surface area contributed by atoms with E-state index >= 15 is 0 Å². The van der Waals surface area contributed by atoms with Crippen LogP contribution in [0.1, 0.15) is 15.9 Å². The van der Waals surface area contributed by atoms with Crippen LogP contribution in [0.2, 0.25) is 5.02 Å². The van der Waals surface area contributed by atoms with E-state index in [-0.39, 0.29) is 4.90 Å². The minimum absolute atomic E-state index is 0.0751. The molecule has 0 aliphatic carbocycles. The van der Waals surface area contributed by atoms with Crippen LogP contribution in [0.25, 0.3) is 16.9 Å². The molecule has 1 amide bonds. The van der Waals surface area contributed by atoms with Crippen molar-refractivity contribution in [3.63, 3.8) is 0 Å². The molecule has 0 saturated heterocycles. The molecular weight excluding hydrogens is 614 g/mol. The van der Waals surface area contributed by atoms with Crippen molar-refractivity contribution in [1.29, 1.82) is 0 Å². The van der Waals surface area contributed by atoms with Crippen LogP contribution in [-0.2, 0) is 10.0 Å². The normalized spacial score (nSPS) is 11.4. The number of sulfonamides is 1. The molecule has 200 valence electrons. The monoisotopic (exact) mass is 633 g/mol. The van der Waals surface area contributed by atoms with E-state index < -0.39 is 15.9 Å². The van der Waals surface area contributed by atoms with Gasteiger partial charge in [-0.3, -0.25) is 9.52 Å². The second kappa shape index (κ2) is 11.9. The molecule has 5 rings (SSSR count). The molecule has 0 atom stereocenters. The topological polar surface area (TPSA) is 105 Å². The van der Waals surface area contributed by atoms with Gasteiger partial charge in [-0.1, -0.05) is 57.9 Å². The van der Waals surface area contributed by atoms with E-state index in [2.05, 4.69) is 31.2 Å². The fraction of sp³-hybridized carbons (Fsp3) is 0. The highest BCUT2D eigenvalue weighted by atomic mass is 79.9. The summed E-state index contributed by atoms with van der Waals surface area (Å²) in [6.45, 7) is 0. The van der Waals surface area contributed by atoms with Gasteiger partial charge in [-0.25, -0.2) is 18.5 Å². The lowest BCUT2D eigenvalue weighted by Gasteiger charge is -2.08. The van der Waals surface area contributed by atoms with Gasteiger partial charge >= 0.3 is 0 Å². The first-order valence-corrected chi connectivity index (χ1v) is 14.6. The molecule has 1 heterocycles. The van der Waals surface area contributed by atoms with Crippen LogP contribution in [0.15, 0.2) is 124 Å². The average Bonchev–Trinajstić information content (AvgIpc) is 3.38. The number of hydrazone groups is 1. The van der Waals surface area contributed by atoms with Gasteiger partial charge < -0.3 is 0 Å². The van der Waals surface area contributed by atoms with Crippen molar-refractivity contribution in [3.05, 3.63) is 130 Å². The van der Waals surface area contributed by atoms with Crippen molar-refractivity contribution in [2.75, 3.05) is 4.72 Å². The van der Waals surface area contributed by atoms with Gasteiger partial charge in [0.2, 0.25) is 0 Å². The number of nitrogens with zero attached hydrogens (tertiary/aromatic N) is 3. The Bertz CT molecular complexity index is 1770. The summed E-state index contributed by atoms with van der Waals surface area (Å²) in [5.41, 5.74) is 6.32. The number of para-hydroxylation sites is 1. The molecule has 0 unspecified atom stereocenters. The lowest BCUT2D eigenvalue weighted by atomic mass is 10.1. The number of hydrogen-bond acceptors (Lipinski definition) is 5. The maximum Gasteiger partial charge on any atom is 0.271 e. The maximum atomic E-state index is 12.7. The Balaban J connectivity index is 1.30. The highest BCUT2D eigenvalue weighted by molar-refractivity contribution is 9.10. The SMILES string of the molecule is O=C(N/N=C\c1cn(-c2ccccc2)nc1-c1ccc(Br)cc1)c1ccc(NS(=O)(=O)c2ccc(Cl)cc2)cc1. The Hall–Kier alpha value is -4.25. The maximum absolute atomic E-state index is 12.7. The van der Waals surface area contributed by atoms with Crippen LogP contribution in [0.4, 0.5) is 5.69 Å². The van der Waals surface area contributed by atoms with Gasteiger partial charge in [-0.15, -0.1) is 0 Å². The number of benzene rings is 4. The third-order valence-electron chi connectivity index (χ3n) is 5.77. The van der Waals surface area contributed by atoms with Gasteiger partial charge in [0.1, 0.15) is 5.69 Å². The molecule has 0 radical (unpaired) electrons. The van der Waals surface area contributed by atoms with Crippen molar-refractivity contribution >= 4 is 55.4 Å². The van der Waals surface area contributed by atoms with Crippen LogP contribution < -0.4 is 10.1 Å². The van der Waals surface area contributed by atoms with Crippen molar-refractivity contribution < 1.29 is 13.2 Å². The van der Waals surface area contributed by atoms with E-state index in [0.29, 0.717) is 27.5 Å². The van der Waals surface area contributed by atoms with Gasteiger partial charge in [-0.2, -0.15) is 10.2 Å². The van der Waals surface area contributed by atoms with E-state index in [1.807, 2.05) is 60.8 Å². The van der Waals surface area contributed by atoms with Gasteiger partial charge in [0.25, 0.3) is 15.9 Å². The molecule has 0 spiro atoms. The Kier molecular flexibility index (Phi) is 8.11. The van der Waals surface area contributed by atoms with E-state index in [9.17, 15) is 13.2 Å². The molecule has 40 heavy (non-hydrogen) atoms. The molecule has 0 bridgehead atoms. The van der Waals surface area contributed by atoms with Crippen molar-refractivity contribution in [1.82, 2.24) is 15.2 Å². The Morgan fingerprint density at radius 2 is 1.57 bits per heavy atom. The Morgan fingerprint density at radius 1 is 0.900 bits per heavy atom. The first-order valence-electron chi connectivity index (χ1n) is 11.9. The molecule has 5 aromatic rings. The van der Waals surface area contributed by atoms with Crippen molar-refractivity contribution in [2.45, 2.75) is 4.90 Å². The second-order valence-corrected chi connectivity index (χ2v) is 11.6. The minimum atomic E-state index is -3.80. The highest BCUT2D eigenvalue weighted by Gasteiger charge is 2.15. The van der Waals surface area contributed by atoms with E-state index in [1.165, 1.54) is 54.7 Å². The molecule has 2 N–H and O–H groups in total. The summed E-state index contributed by atoms with van der Waals surface area (Å²) in [5.74, 6) is -0.455. The van der Waals surface area contributed by atoms with Crippen LogP contribution in [-0.4, -0.2) is 30.3 Å². The number of hydrogen-bond donors (Lipinski definition) is 2. The number of nitrogens with one attached hydrogen (secondary N) is 2. The predicted octanol–water partition coefficient (Wildman–Crippen LogP) is 6.52. The van der Waals surface area contributed by atoms with Crippen molar-refractivity contribution in [2.24, 2.45) is 5.10 Å². The van der Waals surface area contributed by atoms with E-state index in [1.54, 1.807) is 4.68 Å². The lowest BCUT2D eigenvalue weighted by Crippen LogP contribution is -2.18. The number of halogens is 2. The summed E-state index contributed by atoms with van der Waals surface area (Å²) >= 11 is 9.29. The molecule has 4 aromatic carbocycles. The standard InChI is InChI=1S/C29H21BrClN5O3S/c30-23-10-6-20(7-11-23)28-22(19-36(34-28)26-4-2-1-3-5-26)18-32-33-29(37)21-8-14-25(15-9-21)35-40(38,39)27-16-12-24(31)13-17-27/h1-19,35H,(H,33,37)/b32-18-. The summed E-state index contributed by atoms with van der Waals surface area (Å²) in [7, 11) is -3.80. The number of aromatic nitrogens is 2. The fourth-order valence-electron chi connectivity index (χ4n) is 3.77. The Labute approximate surface area is 244 Å². The Morgan fingerprint density at radius 3 is 2.25 bits per heavy atom. The molecule has 0 fully saturated rings. The number of anilines is 1. The summed E-state index contributed by atoms with van der Waals surface area (Å²) in [6, 6.07) is 29.3. The quantitative estimate of drug-likeness (QED) is 0.150. The second-order valence-electron chi connectivity index (χ2n) is 8.56. The first-order chi connectivity index (χ1) is 19.3. The molecule has 1 aromatic heterocycles. The van der Waals surface area contributed by atoms with Gasteiger partial charge in [0.15, 0.2) is 0 Å². The van der Waals surface area contributed by atoms with Crippen LogP contribution >= 0.6 is 27.5 Å². The molecule has 11 heteroatoms. The van der Waals surface area contributed by atoms with Crippen LogP contribution in [0.5, 0.6) is 0 Å². The highest BCUT2D eigenvalue weighted by Crippen LogP contribution is 2.25. The zero-order valence-electron chi connectivity index (χ0n) is 20.7. The summed E-state index contributed by atoms with van der Waals surface area (Å²) in [6.07, 6.45) is 3.38. The molecule has 0 aliphatic heterocycles. The summed E-state index contributed by atoms with van der Waals surface area (Å²) < 4.78 is 30.4. The predicted molar refractivity (Wildman–Crippen MR) is 160 cm³/mol. The van der Waals surface area contributed by atoms with E-state index in [4.69, 9.17) is 16.7 Å². The largest absolute Gasteiger partial charge is 0.280 e. The van der Waals surface area contributed by atoms with Gasteiger partial charge in [0.05, 0.1) is 16.8 Å². The molecular formula is C29H21BrClN5O3S. The summed E-state index contributed by atoms with van der Waals surface area (Å²) in [4.78, 5) is 12.8. The summed E-state index contributed by atoms with van der Waals surface area (Å²) in [5, 5.41) is 9.32. The molecule has 0 saturated carbocycles. The average molecular weight is 635 g/mol. The number of carbonyl (C=O) groups is 1. The third kappa shape index (κ3) is 6.48. The van der Waals surface area contributed by atoms with Crippen molar-refractivity contribution in [3.8, 4) is 16.9 Å². The van der Waals surface area contributed by atoms with Crippen LogP contribution in [0.3, 0.4) is 0 Å². The third-order valence-corrected chi connectivity index (χ3v) is 7.95. The van der Waals surface area contributed by atoms with Gasteiger partial charge in [0, 0.05) is 38.1 Å². The van der Waals surface area contributed by atoms with Crippen LogP contribution in [0, 0.1) is 0 Å². The lowest BCUT2D eigenvalue weighted by molar-refractivity contribution is 0.0955.